The molecule has 20 heavy (non-hydrogen) atoms. The summed E-state index contributed by atoms with van der Waals surface area (Å²) in [5.74, 6) is -2.03. The second-order valence-electron chi connectivity index (χ2n) is 4.07. The highest BCUT2D eigenvalue weighted by Crippen LogP contribution is 2.33. The maximum Gasteiger partial charge on any atom is 0.434 e. The molecule has 0 fully saturated rings. The van der Waals surface area contributed by atoms with Crippen molar-refractivity contribution in [2.24, 2.45) is 0 Å². The Kier molecular flexibility index (Phi) is 3.20. The van der Waals surface area contributed by atoms with E-state index in [4.69, 9.17) is 5.11 Å². The number of aromatic nitrogens is 4. The molecule has 0 aliphatic rings. The lowest BCUT2D eigenvalue weighted by Crippen LogP contribution is -2.19. The van der Waals surface area contributed by atoms with Crippen LogP contribution in [0.1, 0.15) is 27.4 Å². The van der Waals surface area contributed by atoms with Crippen LogP contribution >= 0.6 is 0 Å². The van der Waals surface area contributed by atoms with Gasteiger partial charge in [0.2, 0.25) is 0 Å². The molecule has 106 valence electrons. The number of carboxylic acid groups (broad SMARTS) is 1. The fourth-order valence-corrected chi connectivity index (χ4v) is 1.73. The van der Waals surface area contributed by atoms with Crippen LogP contribution in [0, 0.1) is 13.8 Å². The molecule has 0 aliphatic heterocycles. The van der Waals surface area contributed by atoms with Crippen LogP contribution in [0.25, 0.3) is 5.95 Å². The lowest BCUT2D eigenvalue weighted by molar-refractivity contribution is -0.143. The fraction of sp³-hybridized carbons (Fsp3) is 0.273. The number of halogens is 3. The number of carbonyl (C=O) groups is 1. The maximum absolute atomic E-state index is 13.0. The van der Waals surface area contributed by atoms with Gasteiger partial charge >= 0.3 is 12.1 Å². The number of aryl methyl sites for hydroxylation is 2. The molecule has 0 aliphatic carbocycles. The van der Waals surface area contributed by atoms with Crippen molar-refractivity contribution in [1.29, 1.82) is 0 Å². The normalized spacial score (nSPS) is 11.7. The summed E-state index contributed by atoms with van der Waals surface area (Å²) >= 11 is 0. The quantitative estimate of drug-likeness (QED) is 0.913. The van der Waals surface area contributed by atoms with Crippen LogP contribution in [0.2, 0.25) is 0 Å². The Morgan fingerprint density at radius 2 is 1.80 bits per heavy atom. The zero-order chi connectivity index (χ0) is 15.1. The van der Waals surface area contributed by atoms with Gasteiger partial charge in [-0.1, -0.05) is 0 Å². The van der Waals surface area contributed by atoms with E-state index in [1.165, 1.54) is 0 Å². The van der Waals surface area contributed by atoms with Crippen LogP contribution in [0.15, 0.2) is 12.3 Å². The van der Waals surface area contributed by atoms with E-state index in [1.807, 2.05) is 0 Å². The number of alkyl halides is 3. The third-order valence-electron chi connectivity index (χ3n) is 2.43. The maximum atomic E-state index is 13.0. The smallest absolute Gasteiger partial charge is 0.434 e. The average molecular weight is 286 g/mol. The Morgan fingerprint density at radius 1 is 1.25 bits per heavy atom. The van der Waals surface area contributed by atoms with Gasteiger partial charge in [-0.15, -0.1) is 0 Å². The Labute approximate surface area is 110 Å². The number of hydrogen-bond acceptors (Lipinski definition) is 4. The zero-order valence-electron chi connectivity index (χ0n) is 10.4. The number of nitrogens with zero attached hydrogens (tertiary/aromatic N) is 4. The van der Waals surface area contributed by atoms with Gasteiger partial charge in [-0.3, -0.25) is 0 Å². The van der Waals surface area contributed by atoms with Crippen molar-refractivity contribution < 1.29 is 23.1 Å². The van der Waals surface area contributed by atoms with Crippen LogP contribution in [0.5, 0.6) is 0 Å². The lowest BCUT2D eigenvalue weighted by atomic mass is 10.2. The van der Waals surface area contributed by atoms with Gasteiger partial charge in [0.05, 0.1) is 6.20 Å². The van der Waals surface area contributed by atoms with Crippen molar-refractivity contribution in [1.82, 2.24) is 19.7 Å². The molecule has 6 nitrogen and oxygen atoms in total. The van der Waals surface area contributed by atoms with Gasteiger partial charge in [0.1, 0.15) is 5.56 Å². The van der Waals surface area contributed by atoms with Gasteiger partial charge in [-0.25, -0.2) is 14.8 Å². The summed E-state index contributed by atoms with van der Waals surface area (Å²) in [5.41, 5.74) is -1.45. The van der Waals surface area contributed by atoms with Gasteiger partial charge in [-0.2, -0.15) is 23.0 Å². The first kappa shape index (κ1) is 14.0. The van der Waals surface area contributed by atoms with E-state index in [9.17, 15) is 18.0 Å². The molecule has 0 aromatic carbocycles. The molecule has 2 aromatic heterocycles. The Morgan fingerprint density at radius 3 is 2.25 bits per heavy atom. The summed E-state index contributed by atoms with van der Waals surface area (Å²) in [7, 11) is 0. The molecule has 0 bridgehead atoms. The molecule has 0 unspecified atom stereocenters. The summed E-state index contributed by atoms with van der Waals surface area (Å²) in [6, 6.07) is 1.58. The predicted octanol–water partition coefficient (Wildman–Crippen LogP) is 2.00. The summed E-state index contributed by atoms with van der Waals surface area (Å²) in [5, 5.41) is 12.3. The minimum Gasteiger partial charge on any atom is -0.478 e. The first-order chi connectivity index (χ1) is 9.20. The van der Waals surface area contributed by atoms with Crippen LogP contribution in [0.3, 0.4) is 0 Å². The molecule has 0 spiro atoms. The van der Waals surface area contributed by atoms with E-state index >= 15 is 0 Å². The monoisotopic (exact) mass is 286 g/mol. The minimum absolute atomic E-state index is 0.317. The Bertz CT molecular complexity index is 659. The highest BCUT2D eigenvalue weighted by molar-refractivity contribution is 5.89. The molecule has 2 aromatic rings. The number of hydrogen-bond donors (Lipinski definition) is 1. The molecular formula is C11H9F3N4O2. The average Bonchev–Trinajstić information content (AvgIpc) is 2.71. The Hall–Kier alpha value is -2.45. The highest BCUT2D eigenvalue weighted by Gasteiger charge is 2.41. The summed E-state index contributed by atoms with van der Waals surface area (Å²) in [6.07, 6.45) is -4.25. The number of aromatic carboxylic acids is 1. The molecule has 2 heterocycles. The first-order valence-corrected chi connectivity index (χ1v) is 5.41. The number of rotatable bonds is 2. The number of carboxylic acids is 1. The van der Waals surface area contributed by atoms with E-state index in [2.05, 4.69) is 15.1 Å². The van der Waals surface area contributed by atoms with Crippen molar-refractivity contribution in [2.75, 3.05) is 0 Å². The van der Waals surface area contributed by atoms with Crippen LogP contribution in [-0.4, -0.2) is 30.8 Å². The van der Waals surface area contributed by atoms with Gasteiger partial charge in [0.15, 0.2) is 5.69 Å². The van der Waals surface area contributed by atoms with Crippen molar-refractivity contribution in [3.8, 4) is 5.95 Å². The van der Waals surface area contributed by atoms with Crippen LogP contribution in [-0.2, 0) is 6.18 Å². The molecule has 2 rings (SSSR count). The first-order valence-electron chi connectivity index (χ1n) is 5.41. The van der Waals surface area contributed by atoms with Crippen LogP contribution in [0.4, 0.5) is 13.2 Å². The summed E-state index contributed by atoms with van der Waals surface area (Å²) in [4.78, 5) is 18.5. The third-order valence-corrected chi connectivity index (χ3v) is 2.43. The summed E-state index contributed by atoms with van der Waals surface area (Å²) < 4.78 is 39.4. The van der Waals surface area contributed by atoms with Crippen LogP contribution < -0.4 is 0 Å². The van der Waals surface area contributed by atoms with Gasteiger partial charge < -0.3 is 5.11 Å². The predicted molar refractivity (Wildman–Crippen MR) is 60.6 cm³/mol. The standard InChI is InChI=1S/C11H9F3N4O2/c1-5-3-6(2)17-10(16-5)18-8(11(12,13)14)7(4-15-18)9(19)20/h3-4H,1-2H3,(H,19,20). The van der Waals surface area contributed by atoms with Gasteiger partial charge in [0, 0.05) is 11.4 Å². The van der Waals surface area contributed by atoms with Crippen molar-refractivity contribution >= 4 is 5.97 Å². The van der Waals surface area contributed by atoms with E-state index in [-0.39, 0.29) is 5.95 Å². The van der Waals surface area contributed by atoms with E-state index in [1.54, 1.807) is 19.9 Å². The zero-order valence-corrected chi connectivity index (χ0v) is 10.4. The third kappa shape index (κ3) is 2.46. The molecule has 0 atom stereocenters. The van der Waals surface area contributed by atoms with Crippen molar-refractivity contribution in [2.45, 2.75) is 20.0 Å². The second-order valence-corrected chi connectivity index (χ2v) is 4.07. The molecule has 0 amide bonds. The summed E-state index contributed by atoms with van der Waals surface area (Å²) in [6.45, 7) is 3.18. The van der Waals surface area contributed by atoms with Crippen molar-refractivity contribution in [3.05, 3.63) is 34.9 Å². The topological polar surface area (TPSA) is 80.9 Å². The molecule has 0 saturated carbocycles. The van der Waals surface area contributed by atoms with Crippen molar-refractivity contribution in [3.63, 3.8) is 0 Å². The van der Waals surface area contributed by atoms with E-state index in [0.717, 1.165) is 0 Å². The Balaban J connectivity index is 2.72. The lowest BCUT2D eigenvalue weighted by Gasteiger charge is -2.11. The fourth-order valence-electron chi connectivity index (χ4n) is 1.73. The largest absolute Gasteiger partial charge is 0.478 e. The molecule has 0 saturated heterocycles. The second kappa shape index (κ2) is 4.58. The molecule has 9 heteroatoms. The van der Waals surface area contributed by atoms with Gasteiger partial charge in [0.25, 0.3) is 5.95 Å². The van der Waals surface area contributed by atoms with E-state index in [0.29, 0.717) is 22.3 Å². The SMILES string of the molecule is Cc1cc(C)nc(-n2ncc(C(=O)O)c2C(F)(F)F)n1. The highest BCUT2D eigenvalue weighted by atomic mass is 19.4. The molecule has 1 N–H and O–H groups in total. The van der Waals surface area contributed by atoms with E-state index < -0.39 is 23.4 Å². The molecule has 0 radical (unpaired) electrons. The van der Waals surface area contributed by atoms with Gasteiger partial charge in [-0.05, 0) is 19.9 Å². The molecular weight excluding hydrogens is 277 g/mol. The minimum atomic E-state index is -4.88.